The molecule has 38 heavy (non-hydrogen) atoms. The summed E-state index contributed by atoms with van der Waals surface area (Å²) in [6.45, 7) is 11.1. The minimum absolute atomic E-state index is 0.0201. The number of benzene rings is 2. The molecule has 0 atom stereocenters. The highest BCUT2D eigenvalue weighted by Crippen LogP contribution is 2.39. The van der Waals surface area contributed by atoms with E-state index in [4.69, 9.17) is 10.2 Å². The molecule has 1 aliphatic carbocycles. The molecule has 0 radical (unpaired) electrons. The topological polar surface area (TPSA) is 89.9 Å². The van der Waals surface area contributed by atoms with Gasteiger partial charge in [-0.1, -0.05) is 32.0 Å². The lowest BCUT2D eigenvalue weighted by Crippen LogP contribution is -2.44. The van der Waals surface area contributed by atoms with Crippen molar-refractivity contribution in [1.82, 2.24) is 14.9 Å². The smallest absolute Gasteiger partial charge is 0.219 e. The Morgan fingerprint density at radius 2 is 1.74 bits per heavy atom. The first kappa shape index (κ1) is 25.9. The van der Waals surface area contributed by atoms with Crippen LogP contribution in [0.3, 0.4) is 0 Å². The molecular formula is C32H36N4O2. The third-order valence-corrected chi connectivity index (χ3v) is 8.50. The van der Waals surface area contributed by atoms with E-state index in [2.05, 4.69) is 50.0 Å². The van der Waals surface area contributed by atoms with Crippen LogP contribution >= 0.6 is 0 Å². The molecule has 0 bridgehead atoms. The number of rotatable bonds is 4. The van der Waals surface area contributed by atoms with Gasteiger partial charge < -0.3 is 9.88 Å². The number of imidazole rings is 1. The summed E-state index contributed by atoms with van der Waals surface area (Å²) < 4.78 is 0. The molecule has 0 saturated heterocycles. The normalized spacial score (nSPS) is 20.5. The molecule has 2 aromatic carbocycles. The Hall–Kier alpha value is -3.72. The lowest BCUT2D eigenvalue weighted by atomic mass is 9.75. The van der Waals surface area contributed by atoms with Crippen molar-refractivity contribution in [2.75, 3.05) is 6.54 Å². The van der Waals surface area contributed by atoms with Crippen LogP contribution in [0.25, 0.3) is 11.4 Å². The number of amides is 1. The molecule has 1 aliphatic heterocycles. The van der Waals surface area contributed by atoms with E-state index in [0.717, 1.165) is 65.1 Å². The molecule has 2 aliphatic rings. The predicted molar refractivity (Wildman–Crippen MR) is 148 cm³/mol. The number of carbonyl (C=O) groups is 2. The quantitative estimate of drug-likeness (QED) is 0.415. The summed E-state index contributed by atoms with van der Waals surface area (Å²) in [6, 6.07) is 14.2. The molecule has 1 saturated carbocycles. The number of aryl methyl sites for hydroxylation is 2. The monoisotopic (exact) mass is 508 g/mol. The number of H-pyrrole nitrogens is 1. The van der Waals surface area contributed by atoms with Crippen LogP contribution in [-0.4, -0.2) is 33.1 Å². The van der Waals surface area contributed by atoms with Gasteiger partial charge in [-0.15, -0.1) is 0 Å². The maximum atomic E-state index is 13.7. The summed E-state index contributed by atoms with van der Waals surface area (Å²) in [5, 5.41) is 9.06. The number of aromatic amines is 1. The van der Waals surface area contributed by atoms with Gasteiger partial charge in [0.2, 0.25) is 5.91 Å². The Morgan fingerprint density at radius 3 is 2.37 bits per heavy atom. The Labute approximate surface area is 225 Å². The zero-order valence-corrected chi connectivity index (χ0v) is 23.0. The molecule has 0 spiro atoms. The maximum Gasteiger partial charge on any atom is 0.219 e. The molecular weight excluding hydrogens is 472 g/mol. The van der Waals surface area contributed by atoms with Crippen LogP contribution in [0.4, 0.5) is 0 Å². The number of fused-ring (bicyclic) bond motifs is 1. The number of ketones is 1. The predicted octanol–water partition coefficient (Wildman–Crippen LogP) is 6.36. The molecule has 1 amide bonds. The second-order valence-electron chi connectivity index (χ2n) is 11.8. The number of Topliss-reactive ketones (excluding diaryl/α,β-unsaturated/α-hetero) is 1. The van der Waals surface area contributed by atoms with Crippen LogP contribution in [0.2, 0.25) is 0 Å². The third-order valence-electron chi connectivity index (χ3n) is 8.50. The van der Waals surface area contributed by atoms with Crippen LogP contribution in [0.5, 0.6) is 0 Å². The first-order valence-electron chi connectivity index (χ1n) is 13.6. The van der Waals surface area contributed by atoms with Crippen LogP contribution in [0.1, 0.15) is 96.4 Å². The maximum absolute atomic E-state index is 13.7. The summed E-state index contributed by atoms with van der Waals surface area (Å²) in [7, 11) is 0. The van der Waals surface area contributed by atoms with E-state index in [9.17, 15) is 9.59 Å². The lowest BCUT2D eigenvalue weighted by molar-refractivity contribution is -0.130. The number of carbonyl (C=O) groups excluding carboxylic acids is 2. The molecule has 6 heteroatoms. The number of hydrogen-bond acceptors (Lipinski definition) is 4. The highest BCUT2D eigenvalue weighted by Gasteiger charge is 2.36. The van der Waals surface area contributed by atoms with Gasteiger partial charge in [-0.05, 0) is 80.3 Å². The summed E-state index contributed by atoms with van der Waals surface area (Å²) in [5.41, 5.74) is 7.48. The van der Waals surface area contributed by atoms with Crippen LogP contribution in [0.15, 0.2) is 36.4 Å². The van der Waals surface area contributed by atoms with Gasteiger partial charge in [-0.2, -0.15) is 5.26 Å². The molecule has 1 aromatic heterocycles. The van der Waals surface area contributed by atoms with Gasteiger partial charge in [0.1, 0.15) is 5.82 Å². The number of nitrogens with zero attached hydrogens (tertiary/aromatic N) is 3. The fourth-order valence-electron chi connectivity index (χ4n) is 6.34. The SMILES string of the molecule is CC(=O)N1Cc2[nH]c(-c3cc(C(=O)C4CCC(c5ccc(C#N)cc5)CC4)c(C)cc3C)nc2C(C)(C)C1. The van der Waals surface area contributed by atoms with Crippen LogP contribution < -0.4 is 0 Å². The highest BCUT2D eigenvalue weighted by atomic mass is 16.2. The van der Waals surface area contributed by atoms with Crippen molar-refractivity contribution in [2.45, 2.75) is 78.2 Å². The zero-order chi connectivity index (χ0) is 27.2. The summed E-state index contributed by atoms with van der Waals surface area (Å²) in [4.78, 5) is 36.2. The van der Waals surface area contributed by atoms with Gasteiger partial charge in [0, 0.05) is 35.9 Å². The van der Waals surface area contributed by atoms with E-state index in [1.54, 1.807) is 6.92 Å². The van der Waals surface area contributed by atoms with E-state index in [0.29, 0.717) is 24.6 Å². The lowest BCUT2D eigenvalue weighted by Gasteiger charge is -2.36. The molecule has 1 N–H and O–H groups in total. The standard InChI is InChI=1S/C32H36N4O2/c1-19-14-20(2)27(31-34-28-17-36(21(3)37)18-32(4,5)30(28)35-31)15-26(19)29(38)25-12-10-24(11-13-25)23-8-6-22(16-33)7-9-23/h6-9,14-15,24-25H,10-13,17-18H2,1-5H3,(H,34,35). The first-order chi connectivity index (χ1) is 18.1. The van der Waals surface area contributed by atoms with E-state index in [1.807, 2.05) is 30.0 Å². The van der Waals surface area contributed by atoms with E-state index < -0.39 is 0 Å². The van der Waals surface area contributed by atoms with Gasteiger partial charge in [-0.3, -0.25) is 9.59 Å². The van der Waals surface area contributed by atoms with E-state index >= 15 is 0 Å². The Bertz CT molecular complexity index is 1430. The highest BCUT2D eigenvalue weighted by molar-refractivity contribution is 6.00. The van der Waals surface area contributed by atoms with Crippen molar-refractivity contribution in [3.8, 4) is 17.5 Å². The molecule has 196 valence electrons. The minimum atomic E-state index is -0.251. The minimum Gasteiger partial charge on any atom is -0.340 e. The van der Waals surface area contributed by atoms with Crippen molar-refractivity contribution in [2.24, 2.45) is 5.92 Å². The molecule has 6 nitrogen and oxygen atoms in total. The van der Waals surface area contributed by atoms with Crippen LogP contribution in [-0.2, 0) is 16.8 Å². The number of nitriles is 1. The molecule has 1 fully saturated rings. The summed E-state index contributed by atoms with van der Waals surface area (Å²) >= 11 is 0. The second kappa shape index (κ2) is 9.87. The molecule has 3 aromatic rings. The molecule has 5 rings (SSSR count). The van der Waals surface area contributed by atoms with Gasteiger partial charge in [-0.25, -0.2) is 4.98 Å². The van der Waals surface area contributed by atoms with Gasteiger partial charge in [0.15, 0.2) is 5.78 Å². The van der Waals surface area contributed by atoms with E-state index in [1.165, 1.54) is 5.56 Å². The Kier molecular flexibility index (Phi) is 6.73. The largest absolute Gasteiger partial charge is 0.340 e. The van der Waals surface area contributed by atoms with Gasteiger partial charge in [0.25, 0.3) is 0 Å². The van der Waals surface area contributed by atoms with Gasteiger partial charge in [0.05, 0.1) is 29.6 Å². The van der Waals surface area contributed by atoms with Crippen molar-refractivity contribution >= 4 is 11.7 Å². The average Bonchev–Trinajstić information content (AvgIpc) is 3.33. The molecule has 0 unspecified atom stereocenters. The Morgan fingerprint density at radius 1 is 1.05 bits per heavy atom. The summed E-state index contributed by atoms with van der Waals surface area (Å²) in [6.07, 6.45) is 3.70. The van der Waals surface area contributed by atoms with Crippen molar-refractivity contribution in [1.29, 1.82) is 5.26 Å². The number of nitrogens with one attached hydrogen (secondary N) is 1. The second-order valence-corrected chi connectivity index (χ2v) is 11.8. The number of hydrogen-bond donors (Lipinski definition) is 1. The fourth-order valence-corrected chi connectivity index (χ4v) is 6.34. The summed E-state index contributed by atoms with van der Waals surface area (Å²) in [5.74, 6) is 1.51. The van der Waals surface area contributed by atoms with Gasteiger partial charge >= 0.3 is 0 Å². The average molecular weight is 509 g/mol. The fraction of sp³-hybridized carbons (Fsp3) is 0.438. The van der Waals surface area contributed by atoms with Crippen molar-refractivity contribution in [3.63, 3.8) is 0 Å². The van der Waals surface area contributed by atoms with E-state index in [-0.39, 0.29) is 23.0 Å². The molecule has 2 heterocycles. The first-order valence-corrected chi connectivity index (χ1v) is 13.6. The zero-order valence-electron chi connectivity index (χ0n) is 23.0. The third kappa shape index (κ3) is 4.78. The number of aromatic nitrogens is 2. The van der Waals surface area contributed by atoms with Crippen molar-refractivity contribution in [3.05, 3.63) is 75.6 Å². The van der Waals surface area contributed by atoms with Crippen LogP contribution in [0, 0.1) is 31.1 Å². The van der Waals surface area contributed by atoms with Crippen molar-refractivity contribution < 1.29 is 9.59 Å². The Balaban J connectivity index is 1.37.